The first-order chi connectivity index (χ1) is 12.7. The molecular weight excluding hydrogens is 373 g/mol. The van der Waals surface area contributed by atoms with E-state index in [4.69, 9.17) is 17.3 Å². The Morgan fingerprint density at radius 3 is 2.30 bits per heavy atom. The molecule has 3 aromatic rings. The topological polar surface area (TPSA) is 41.8 Å². The third kappa shape index (κ3) is 3.99. The minimum Gasteiger partial charge on any atom is -0.354 e. The van der Waals surface area contributed by atoms with E-state index in [1.165, 1.54) is 6.07 Å². The van der Waals surface area contributed by atoms with Crippen LogP contribution in [0.1, 0.15) is 35.1 Å². The Labute approximate surface area is 161 Å². The van der Waals surface area contributed by atoms with Gasteiger partial charge in [0.1, 0.15) is 0 Å². The molecule has 0 aliphatic carbocycles. The van der Waals surface area contributed by atoms with Crippen LogP contribution < -0.4 is 5.73 Å². The lowest BCUT2D eigenvalue weighted by Crippen LogP contribution is -2.05. The van der Waals surface area contributed by atoms with Crippen molar-refractivity contribution in [1.29, 1.82) is 0 Å². The van der Waals surface area contributed by atoms with Gasteiger partial charge in [0.15, 0.2) is 0 Å². The van der Waals surface area contributed by atoms with Crippen LogP contribution >= 0.6 is 11.6 Å². The second-order valence-corrected chi connectivity index (χ2v) is 7.35. The zero-order valence-corrected chi connectivity index (χ0v) is 16.1. The Hall–Kier alpha value is -1.98. The maximum Gasteiger partial charge on any atom is 0.418 e. The fourth-order valence-corrected chi connectivity index (χ4v) is 3.90. The van der Waals surface area contributed by atoms with Crippen molar-refractivity contribution in [2.45, 2.75) is 39.3 Å². The molecule has 1 heterocycles. The van der Waals surface area contributed by atoms with Gasteiger partial charge in [-0.3, -0.25) is 0 Å². The number of hydrogen-bond acceptors (Lipinski definition) is 1. The molecule has 2 aromatic carbocycles. The molecular formula is C21H22ClF3N2. The Morgan fingerprint density at radius 1 is 1.04 bits per heavy atom. The summed E-state index contributed by atoms with van der Waals surface area (Å²) in [6.07, 6.45) is -2.26. The molecule has 27 heavy (non-hydrogen) atoms. The number of H-pyrrole nitrogens is 1. The standard InChI is InChI=1S/C21H22ClF3N2/c1-12-9-13(2)11-14(10-12)19-15(5-3-4-8-26)18-17(22)7-6-16(20(18)27-19)21(23,24)25/h6-7,9-11,27H,3-5,8,26H2,1-2H3. The molecule has 144 valence electrons. The zero-order chi connectivity index (χ0) is 19.8. The highest BCUT2D eigenvalue weighted by Crippen LogP contribution is 2.42. The summed E-state index contributed by atoms with van der Waals surface area (Å²) in [5.74, 6) is 0. The van der Waals surface area contributed by atoms with E-state index in [2.05, 4.69) is 4.98 Å². The van der Waals surface area contributed by atoms with Crippen molar-refractivity contribution in [3.05, 3.63) is 57.6 Å². The minimum atomic E-state index is -4.46. The van der Waals surface area contributed by atoms with Gasteiger partial charge in [0.2, 0.25) is 0 Å². The Morgan fingerprint density at radius 2 is 1.70 bits per heavy atom. The van der Waals surface area contributed by atoms with Crippen LogP contribution in [0.4, 0.5) is 13.2 Å². The quantitative estimate of drug-likeness (QED) is 0.482. The molecule has 0 spiro atoms. The van der Waals surface area contributed by atoms with E-state index >= 15 is 0 Å². The molecule has 0 unspecified atom stereocenters. The average Bonchev–Trinajstić information content (AvgIpc) is 2.93. The van der Waals surface area contributed by atoms with Crippen LogP contribution in [-0.4, -0.2) is 11.5 Å². The highest BCUT2D eigenvalue weighted by Gasteiger charge is 2.34. The number of fused-ring (bicyclic) bond motifs is 1. The smallest absolute Gasteiger partial charge is 0.354 e. The predicted octanol–water partition coefficient (Wildman–Crippen LogP) is 6.41. The van der Waals surface area contributed by atoms with Gasteiger partial charge in [0.25, 0.3) is 0 Å². The number of aromatic amines is 1. The molecule has 0 amide bonds. The Bertz CT molecular complexity index is 953. The van der Waals surface area contributed by atoms with E-state index in [-0.39, 0.29) is 5.52 Å². The Balaban J connectivity index is 2.31. The number of alkyl halides is 3. The molecule has 0 bridgehead atoms. The molecule has 0 aliphatic heterocycles. The monoisotopic (exact) mass is 394 g/mol. The first kappa shape index (κ1) is 19.8. The summed E-state index contributed by atoms with van der Waals surface area (Å²) in [7, 11) is 0. The fourth-order valence-electron chi connectivity index (χ4n) is 3.63. The number of halogens is 4. The minimum absolute atomic E-state index is 0.0481. The van der Waals surface area contributed by atoms with Crippen LogP contribution in [-0.2, 0) is 12.6 Å². The van der Waals surface area contributed by atoms with Crippen LogP contribution in [0.3, 0.4) is 0 Å². The van der Waals surface area contributed by atoms with Gasteiger partial charge in [-0.2, -0.15) is 13.2 Å². The van der Waals surface area contributed by atoms with Crippen molar-refractivity contribution in [2.75, 3.05) is 6.54 Å². The summed E-state index contributed by atoms with van der Waals surface area (Å²) in [6, 6.07) is 8.36. The van der Waals surface area contributed by atoms with Crippen LogP contribution in [0.5, 0.6) is 0 Å². The van der Waals surface area contributed by atoms with Crippen molar-refractivity contribution in [2.24, 2.45) is 5.73 Å². The predicted molar refractivity (Wildman–Crippen MR) is 105 cm³/mol. The van der Waals surface area contributed by atoms with Gasteiger partial charge < -0.3 is 10.7 Å². The number of hydrogen-bond donors (Lipinski definition) is 2. The lowest BCUT2D eigenvalue weighted by atomic mass is 9.97. The van der Waals surface area contributed by atoms with Crippen LogP contribution in [0.2, 0.25) is 5.02 Å². The summed E-state index contributed by atoms with van der Waals surface area (Å²) in [5, 5.41) is 0.783. The molecule has 0 atom stereocenters. The molecule has 0 radical (unpaired) electrons. The maximum absolute atomic E-state index is 13.5. The summed E-state index contributed by atoms with van der Waals surface area (Å²) in [6.45, 7) is 4.49. The van der Waals surface area contributed by atoms with E-state index in [1.807, 2.05) is 32.0 Å². The highest BCUT2D eigenvalue weighted by molar-refractivity contribution is 6.36. The Kier molecular flexibility index (Phi) is 5.54. The molecule has 3 N–H and O–H groups in total. The third-order valence-corrected chi connectivity index (χ3v) is 5.02. The first-order valence-electron chi connectivity index (χ1n) is 8.91. The molecule has 0 saturated carbocycles. The SMILES string of the molecule is Cc1cc(C)cc(-c2[nH]c3c(C(F)(F)F)ccc(Cl)c3c2CCCCN)c1. The molecule has 0 saturated heterocycles. The second-order valence-electron chi connectivity index (χ2n) is 6.94. The molecule has 6 heteroatoms. The van der Waals surface area contributed by atoms with Crippen molar-refractivity contribution in [3.63, 3.8) is 0 Å². The van der Waals surface area contributed by atoms with Crippen molar-refractivity contribution < 1.29 is 13.2 Å². The number of unbranched alkanes of at least 4 members (excludes halogenated alkanes) is 1. The lowest BCUT2D eigenvalue weighted by Gasteiger charge is -2.09. The highest BCUT2D eigenvalue weighted by atomic mass is 35.5. The van der Waals surface area contributed by atoms with Crippen molar-refractivity contribution in [3.8, 4) is 11.3 Å². The van der Waals surface area contributed by atoms with E-state index in [0.29, 0.717) is 29.1 Å². The van der Waals surface area contributed by atoms with Gasteiger partial charge >= 0.3 is 6.18 Å². The maximum atomic E-state index is 13.5. The summed E-state index contributed by atoms with van der Waals surface area (Å²) in [4.78, 5) is 3.04. The second kappa shape index (κ2) is 7.56. The summed E-state index contributed by atoms with van der Waals surface area (Å²) in [5.41, 5.74) is 9.45. The van der Waals surface area contributed by atoms with Gasteiger partial charge in [0.05, 0.1) is 16.1 Å². The van der Waals surface area contributed by atoms with E-state index < -0.39 is 11.7 Å². The lowest BCUT2D eigenvalue weighted by molar-refractivity contribution is -0.136. The molecule has 3 rings (SSSR count). The normalized spacial score (nSPS) is 12.1. The number of nitrogens with two attached hydrogens (primary N) is 1. The van der Waals surface area contributed by atoms with Crippen molar-refractivity contribution in [1.82, 2.24) is 4.98 Å². The number of aromatic nitrogens is 1. The number of rotatable bonds is 5. The summed E-state index contributed by atoms with van der Waals surface area (Å²) < 4.78 is 40.6. The van der Waals surface area contributed by atoms with E-state index in [1.54, 1.807) is 0 Å². The van der Waals surface area contributed by atoms with Gasteiger partial charge in [0, 0.05) is 11.1 Å². The largest absolute Gasteiger partial charge is 0.418 e. The first-order valence-corrected chi connectivity index (χ1v) is 9.29. The van der Waals surface area contributed by atoms with Crippen molar-refractivity contribution >= 4 is 22.5 Å². The van der Waals surface area contributed by atoms with Gasteiger partial charge in [-0.25, -0.2) is 0 Å². The molecule has 1 aromatic heterocycles. The number of nitrogens with one attached hydrogen (secondary N) is 1. The molecule has 0 aliphatic rings. The van der Waals surface area contributed by atoms with E-state index in [9.17, 15) is 13.2 Å². The zero-order valence-electron chi connectivity index (χ0n) is 15.3. The molecule has 0 fully saturated rings. The van der Waals surface area contributed by atoms with Crippen LogP contribution in [0, 0.1) is 13.8 Å². The fraction of sp³-hybridized carbons (Fsp3) is 0.333. The van der Waals surface area contributed by atoms with Gasteiger partial charge in [-0.15, -0.1) is 0 Å². The summed E-state index contributed by atoms with van der Waals surface area (Å²) >= 11 is 6.35. The van der Waals surface area contributed by atoms with Gasteiger partial charge in [-0.1, -0.05) is 28.8 Å². The number of benzene rings is 2. The van der Waals surface area contributed by atoms with Crippen LogP contribution in [0.15, 0.2) is 30.3 Å². The van der Waals surface area contributed by atoms with Gasteiger partial charge in [-0.05, 0) is 75.0 Å². The third-order valence-electron chi connectivity index (χ3n) is 4.70. The average molecular weight is 395 g/mol. The van der Waals surface area contributed by atoms with Crippen LogP contribution in [0.25, 0.3) is 22.2 Å². The van der Waals surface area contributed by atoms with E-state index in [0.717, 1.165) is 41.2 Å². The number of aryl methyl sites for hydroxylation is 3. The molecule has 2 nitrogen and oxygen atoms in total.